The third kappa shape index (κ3) is 4.30. The molecule has 3 aromatic carbocycles. The minimum absolute atomic E-state index is 0.460. The van der Waals surface area contributed by atoms with Crippen LogP contribution in [0.2, 0.25) is 0 Å². The minimum Gasteiger partial charge on any atom is -0.203 e. The van der Waals surface area contributed by atoms with Gasteiger partial charge >= 0.3 is 0 Å². The Bertz CT molecular complexity index is 1850. The second-order valence-electron chi connectivity index (χ2n) is 8.56. The number of nitrogens with zero attached hydrogens (tertiary/aromatic N) is 2. The van der Waals surface area contributed by atoms with Crippen LogP contribution in [0.5, 0.6) is 0 Å². The molecule has 0 aromatic heterocycles. The third-order valence-corrected chi connectivity index (χ3v) is 6.29. The van der Waals surface area contributed by atoms with E-state index >= 15 is 0 Å². The van der Waals surface area contributed by atoms with Crippen LogP contribution in [0.3, 0.4) is 0 Å². The minimum atomic E-state index is -2.75. The van der Waals surface area contributed by atoms with Crippen LogP contribution in [0, 0.1) is 110 Å². The summed E-state index contributed by atoms with van der Waals surface area (Å²) in [7, 11) is 0. The molecule has 1 aliphatic rings. The quantitative estimate of drug-likeness (QED) is 0.125. The number of benzene rings is 3. The van der Waals surface area contributed by atoms with Gasteiger partial charge in [0.05, 0.1) is 27.8 Å². The zero-order valence-corrected chi connectivity index (χ0v) is 20.6. The highest BCUT2D eigenvalue weighted by Crippen LogP contribution is 2.57. The van der Waals surface area contributed by atoms with Crippen LogP contribution in [0.4, 0.5) is 65.9 Å². The highest BCUT2D eigenvalue weighted by molar-refractivity contribution is 6.10. The van der Waals surface area contributed by atoms with Crippen LogP contribution >= 0.6 is 0 Å². The van der Waals surface area contributed by atoms with Gasteiger partial charge in [0.1, 0.15) is 12.1 Å². The highest BCUT2D eigenvalue weighted by Gasteiger charge is 2.45. The molecule has 0 heterocycles. The Balaban J connectivity index is 2.31. The molecule has 1 fully saturated rings. The average Bonchev–Trinajstić information content (AvgIpc) is 3.73. The van der Waals surface area contributed by atoms with E-state index in [2.05, 4.69) is 0 Å². The van der Waals surface area contributed by atoms with Gasteiger partial charge in [-0.15, -0.1) is 0 Å². The molecule has 4 rings (SSSR count). The summed E-state index contributed by atoms with van der Waals surface area (Å²) in [6.07, 6.45) is 0. The number of hydrogen-bond donors (Lipinski definition) is 0. The highest BCUT2D eigenvalue weighted by atomic mass is 19.2. The van der Waals surface area contributed by atoms with Crippen molar-refractivity contribution in [3.8, 4) is 12.1 Å². The lowest BCUT2D eigenvalue weighted by Gasteiger charge is -2.08. The topological polar surface area (TPSA) is 47.6 Å². The number of rotatable bonds is 3. The van der Waals surface area contributed by atoms with Crippen LogP contribution < -0.4 is 0 Å². The lowest BCUT2D eigenvalue weighted by molar-refractivity contribution is 0.376. The molecule has 0 aliphatic heterocycles. The first kappa shape index (κ1) is 31.7. The maximum Gasteiger partial charge on any atom is 0.200 e. The zero-order chi connectivity index (χ0) is 33.3. The van der Waals surface area contributed by atoms with E-state index in [9.17, 15) is 76.4 Å². The predicted molar refractivity (Wildman–Crippen MR) is 116 cm³/mol. The van der Waals surface area contributed by atoms with E-state index in [0.29, 0.717) is 6.92 Å². The molecule has 44 heavy (non-hydrogen) atoms. The first-order chi connectivity index (χ1) is 20.5. The lowest BCUT2D eigenvalue weighted by Crippen LogP contribution is -2.07. The van der Waals surface area contributed by atoms with E-state index in [-0.39, 0.29) is 0 Å². The van der Waals surface area contributed by atoms with Crippen LogP contribution in [-0.2, 0) is 0 Å². The maximum absolute atomic E-state index is 14.6. The number of halogens is 15. The zero-order valence-electron chi connectivity index (χ0n) is 20.6. The van der Waals surface area contributed by atoms with Gasteiger partial charge in [-0.1, -0.05) is 0 Å². The van der Waals surface area contributed by atoms with Gasteiger partial charge in [-0.05, 0) is 18.1 Å². The van der Waals surface area contributed by atoms with E-state index in [1.807, 2.05) is 0 Å². The Morgan fingerprint density at radius 1 is 0.341 bits per heavy atom. The van der Waals surface area contributed by atoms with E-state index in [0.717, 1.165) is 12.1 Å². The fraction of sp³-hybridized carbons (Fsp3) is 0.0370. The number of nitriles is 2. The monoisotopic (exact) mass is 640 g/mol. The van der Waals surface area contributed by atoms with Crippen molar-refractivity contribution in [2.75, 3.05) is 0 Å². The van der Waals surface area contributed by atoms with E-state index in [1.165, 1.54) is 0 Å². The van der Waals surface area contributed by atoms with Gasteiger partial charge in [-0.2, -0.15) is 10.5 Å². The Morgan fingerprint density at radius 2 is 0.545 bits per heavy atom. The van der Waals surface area contributed by atoms with Crippen molar-refractivity contribution in [3.63, 3.8) is 0 Å². The summed E-state index contributed by atoms with van der Waals surface area (Å²) in [5, 5.41) is 19.3. The Morgan fingerprint density at radius 3 is 0.773 bits per heavy atom. The number of allylic oxidation sites excluding steroid dienone is 6. The molecule has 0 unspecified atom stereocenters. The van der Waals surface area contributed by atoms with Crippen molar-refractivity contribution in [1.82, 2.24) is 0 Å². The van der Waals surface area contributed by atoms with Crippen LogP contribution in [0.1, 0.15) is 23.6 Å². The van der Waals surface area contributed by atoms with Crippen molar-refractivity contribution < 1.29 is 65.9 Å². The summed E-state index contributed by atoms with van der Waals surface area (Å²) in [5.41, 5.74) is -14.8. The molecule has 0 atom stereocenters. The van der Waals surface area contributed by atoms with Crippen molar-refractivity contribution >= 4 is 16.7 Å². The maximum atomic E-state index is 14.6. The molecule has 1 saturated carbocycles. The molecule has 2 nitrogen and oxygen atoms in total. The van der Waals surface area contributed by atoms with Gasteiger partial charge in [0.2, 0.25) is 17.5 Å². The Hall–Kier alpha value is -5.19. The van der Waals surface area contributed by atoms with Gasteiger partial charge in [-0.25, -0.2) is 65.9 Å². The van der Waals surface area contributed by atoms with Crippen LogP contribution in [0.15, 0.2) is 16.7 Å². The smallest absolute Gasteiger partial charge is 0.200 e. The molecule has 1 aliphatic carbocycles. The van der Waals surface area contributed by atoms with E-state index in [1.54, 1.807) is 0 Å². The predicted octanol–water partition coefficient (Wildman–Crippen LogP) is 8.51. The first-order valence-corrected chi connectivity index (χ1v) is 11.0. The molecule has 0 saturated heterocycles. The fourth-order valence-corrected chi connectivity index (χ4v) is 4.24. The lowest BCUT2D eigenvalue weighted by atomic mass is 10.0. The summed E-state index contributed by atoms with van der Waals surface area (Å²) in [6.45, 7) is 0.460. The summed E-state index contributed by atoms with van der Waals surface area (Å²) < 4.78 is 212. The third-order valence-electron chi connectivity index (χ3n) is 6.29. The second kappa shape index (κ2) is 10.8. The summed E-state index contributed by atoms with van der Waals surface area (Å²) in [6, 6.07) is 1.86. The van der Waals surface area contributed by atoms with Crippen LogP contribution in [-0.4, -0.2) is 0 Å². The average molecular weight is 640 g/mol. The van der Waals surface area contributed by atoms with Gasteiger partial charge in [0.15, 0.2) is 69.8 Å². The molecular weight excluding hydrogens is 637 g/mol. The molecular formula is C27H3F15N2. The fourth-order valence-electron chi connectivity index (χ4n) is 4.24. The summed E-state index contributed by atoms with van der Waals surface area (Å²) >= 11 is 0. The first-order valence-electron chi connectivity index (χ1n) is 11.0. The molecule has 0 spiro atoms. The summed E-state index contributed by atoms with van der Waals surface area (Å²) in [4.78, 5) is 0. The van der Waals surface area contributed by atoms with Crippen molar-refractivity contribution in [2.24, 2.45) is 0 Å². The molecule has 17 heteroatoms. The van der Waals surface area contributed by atoms with Gasteiger partial charge in [0, 0.05) is 11.1 Å². The molecule has 3 aromatic rings. The van der Waals surface area contributed by atoms with Gasteiger partial charge < -0.3 is 0 Å². The van der Waals surface area contributed by atoms with Crippen molar-refractivity contribution in [3.05, 3.63) is 121 Å². The van der Waals surface area contributed by atoms with Gasteiger partial charge in [-0.3, -0.25) is 0 Å². The standard InChI is InChI=1S/C27H3F15N2/c1-4(8-13(28)19(34)25(40)20(35)14(8)29)7-9(5(2-43)11-15(30)21(36)26(41)22(37)16(11)31)10(7)6(3-44)12-17(32)23(38)27(42)24(39)18(12)33/h1H3/b7-4-,9-5?,10-6-. The van der Waals surface area contributed by atoms with Crippen molar-refractivity contribution in [1.29, 1.82) is 10.5 Å². The molecule has 0 bridgehead atoms. The van der Waals surface area contributed by atoms with Crippen LogP contribution in [0.25, 0.3) is 16.7 Å². The van der Waals surface area contributed by atoms with E-state index < -0.39 is 137 Å². The SMILES string of the molecule is C/C(=C1\C(=C(C#N)c2c(F)c(F)c(F)c(F)c2F)\C1=C(\C#N)c1c(F)c(F)c(F)c(F)c1F)c1c(F)c(F)c(F)c(F)c1F. The molecule has 0 N–H and O–H groups in total. The largest absolute Gasteiger partial charge is 0.203 e. The number of hydrogen-bond acceptors (Lipinski definition) is 2. The Kier molecular flexibility index (Phi) is 7.81. The van der Waals surface area contributed by atoms with Crippen molar-refractivity contribution in [2.45, 2.75) is 6.92 Å². The molecule has 0 radical (unpaired) electrons. The second-order valence-corrected chi connectivity index (χ2v) is 8.56. The summed E-state index contributed by atoms with van der Waals surface area (Å²) in [5.74, 6) is -40.2. The molecule has 0 amide bonds. The van der Waals surface area contributed by atoms with Gasteiger partial charge in [0.25, 0.3) is 0 Å². The van der Waals surface area contributed by atoms with E-state index in [4.69, 9.17) is 0 Å². The molecule has 226 valence electrons. The Labute approximate surface area is 233 Å². The normalized spacial score (nSPS) is 16.0.